The molecule has 152 valence electrons. The molecule has 1 aromatic heterocycles. The molecule has 0 bridgehead atoms. The van der Waals surface area contributed by atoms with Gasteiger partial charge in [-0.25, -0.2) is 4.79 Å². The van der Waals surface area contributed by atoms with Crippen LogP contribution in [0.1, 0.15) is 45.9 Å². The number of H-pyrrole nitrogens is 1. The number of rotatable bonds is 3. The molecule has 1 aliphatic rings. The molecule has 0 aliphatic heterocycles. The van der Waals surface area contributed by atoms with Gasteiger partial charge in [0.25, 0.3) is 0 Å². The number of aromatic amines is 1. The van der Waals surface area contributed by atoms with E-state index in [-0.39, 0.29) is 23.1 Å². The molecule has 0 fully saturated rings. The van der Waals surface area contributed by atoms with Crippen LogP contribution in [0.4, 0.5) is 13.2 Å². The normalized spacial score (nSPS) is 16.1. The minimum atomic E-state index is -4.41. The highest BCUT2D eigenvalue weighted by atomic mass is 19.4. The smallest absolute Gasteiger partial charge is 0.419 e. The van der Waals surface area contributed by atoms with Crippen LogP contribution in [0.2, 0.25) is 0 Å². The van der Waals surface area contributed by atoms with Crippen LogP contribution in [0.3, 0.4) is 0 Å². The Balaban J connectivity index is 1.62. The highest BCUT2D eigenvalue weighted by molar-refractivity contribution is 5.48. The predicted octanol–water partition coefficient (Wildman–Crippen LogP) is 5.18. The van der Waals surface area contributed by atoms with Crippen LogP contribution >= 0.6 is 0 Å². The van der Waals surface area contributed by atoms with Gasteiger partial charge < -0.3 is 14.3 Å². The zero-order chi connectivity index (χ0) is 20.9. The Morgan fingerprint density at radius 1 is 1.17 bits per heavy atom. The third kappa shape index (κ3) is 3.50. The molecule has 8 heteroatoms. The first kappa shape index (κ1) is 19.2. The van der Waals surface area contributed by atoms with Gasteiger partial charge >= 0.3 is 11.9 Å². The first-order valence-corrected chi connectivity index (χ1v) is 9.04. The monoisotopic (exact) mass is 405 g/mol. The van der Waals surface area contributed by atoms with Crippen LogP contribution in [0.5, 0.6) is 17.4 Å². The van der Waals surface area contributed by atoms with Gasteiger partial charge in [0.2, 0.25) is 5.88 Å². The van der Waals surface area contributed by atoms with Crippen molar-refractivity contribution < 1.29 is 27.4 Å². The summed E-state index contributed by atoms with van der Waals surface area (Å²) in [7, 11) is 0. The van der Waals surface area contributed by atoms with Crippen LogP contribution in [-0.4, -0.2) is 10.1 Å². The SMILES string of the molecule is Cc1cc(C(F)(F)F)c(C)cc1Oc1ccc2c(c1)CC[C@H]2c1oc(=O)[nH]c1O. The number of benzene rings is 2. The first-order valence-electron chi connectivity index (χ1n) is 9.04. The molecule has 3 aromatic rings. The molecule has 2 aromatic carbocycles. The molecule has 0 spiro atoms. The maximum Gasteiger partial charge on any atom is 0.419 e. The Morgan fingerprint density at radius 3 is 2.59 bits per heavy atom. The number of alkyl halides is 3. The van der Waals surface area contributed by atoms with E-state index in [4.69, 9.17) is 9.15 Å². The molecule has 0 saturated heterocycles. The lowest BCUT2D eigenvalue weighted by Crippen LogP contribution is -2.08. The van der Waals surface area contributed by atoms with Crippen molar-refractivity contribution in [3.05, 3.63) is 74.5 Å². The summed E-state index contributed by atoms with van der Waals surface area (Å²) in [5.41, 5.74) is 1.69. The third-order valence-corrected chi connectivity index (χ3v) is 5.22. The maximum absolute atomic E-state index is 13.1. The van der Waals surface area contributed by atoms with E-state index in [0.29, 0.717) is 29.9 Å². The quantitative estimate of drug-likeness (QED) is 0.630. The van der Waals surface area contributed by atoms with E-state index >= 15 is 0 Å². The van der Waals surface area contributed by atoms with Crippen molar-refractivity contribution >= 4 is 0 Å². The average Bonchev–Trinajstić information content (AvgIpc) is 3.18. The summed E-state index contributed by atoms with van der Waals surface area (Å²) in [5, 5.41) is 9.85. The van der Waals surface area contributed by atoms with Crippen molar-refractivity contribution in [2.45, 2.75) is 38.8 Å². The van der Waals surface area contributed by atoms with Gasteiger partial charge in [-0.15, -0.1) is 0 Å². The number of nitrogens with one attached hydrogen (secondary N) is 1. The zero-order valence-electron chi connectivity index (χ0n) is 15.7. The lowest BCUT2D eigenvalue weighted by Gasteiger charge is -2.16. The van der Waals surface area contributed by atoms with Gasteiger partial charge in [-0.3, -0.25) is 4.98 Å². The van der Waals surface area contributed by atoms with E-state index in [0.717, 1.165) is 17.2 Å². The standard InChI is InChI=1S/C21H18F3NO4/c1-10-8-17(11(2)7-16(10)21(22,23)24)28-13-4-6-14-12(9-13)3-5-15(14)18-19(26)25-20(27)29-18/h4,6-9,15,26H,3,5H2,1-2H3,(H,25,27)/t15-/m1/s1. The van der Waals surface area contributed by atoms with Crippen molar-refractivity contribution in [2.24, 2.45) is 0 Å². The number of aryl methyl sites for hydroxylation is 3. The first-order chi connectivity index (χ1) is 13.6. The minimum absolute atomic E-state index is 0.0947. The zero-order valence-corrected chi connectivity index (χ0v) is 15.7. The highest BCUT2D eigenvalue weighted by Gasteiger charge is 2.33. The van der Waals surface area contributed by atoms with Gasteiger partial charge in [0.05, 0.1) is 5.56 Å². The summed E-state index contributed by atoms with van der Waals surface area (Å²) >= 11 is 0. The average molecular weight is 405 g/mol. The fraction of sp³-hybridized carbons (Fsp3) is 0.286. The van der Waals surface area contributed by atoms with Crippen molar-refractivity contribution in [3.63, 3.8) is 0 Å². The number of oxazole rings is 1. The Hall–Kier alpha value is -3.16. The molecule has 29 heavy (non-hydrogen) atoms. The van der Waals surface area contributed by atoms with Crippen molar-refractivity contribution in [3.8, 4) is 17.4 Å². The Kier molecular flexibility index (Phi) is 4.44. The number of fused-ring (bicyclic) bond motifs is 1. The molecular weight excluding hydrogens is 387 g/mol. The van der Waals surface area contributed by atoms with Crippen LogP contribution in [0.15, 0.2) is 39.5 Å². The fourth-order valence-electron chi connectivity index (χ4n) is 3.83. The Bertz CT molecular complexity index is 1140. The molecule has 1 heterocycles. The largest absolute Gasteiger partial charge is 0.492 e. The number of aromatic nitrogens is 1. The van der Waals surface area contributed by atoms with E-state index in [1.807, 2.05) is 12.1 Å². The molecule has 0 radical (unpaired) electrons. The van der Waals surface area contributed by atoms with Crippen LogP contribution < -0.4 is 10.5 Å². The molecular formula is C21H18F3NO4. The van der Waals surface area contributed by atoms with Gasteiger partial charge in [0.15, 0.2) is 5.76 Å². The van der Waals surface area contributed by atoms with E-state index in [1.54, 1.807) is 13.0 Å². The molecule has 0 unspecified atom stereocenters. The number of hydrogen-bond donors (Lipinski definition) is 2. The van der Waals surface area contributed by atoms with Crippen molar-refractivity contribution in [2.75, 3.05) is 0 Å². The van der Waals surface area contributed by atoms with Crippen molar-refractivity contribution in [1.82, 2.24) is 4.98 Å². The predicted molar refractivity (Wildman–Crippen MR) is 98.6 cm³/mol. The fourth-order valence-corrected chi connectivity index (χ4v) is 3.83. The van der Waals surface area contributed by atoms with E-state index < -0.39 is 17.5 Å². The van der Waals surface area contributed by atoms with E-state index in [1.165, 1.54) is 13.0 Å². The van der Waals surface area contributed by atoms with Crippen LogP contribution in [0, 0.1) is 13.8 Å². The second-order valence-corrected chi connectivity index (χ2v) is 7.21. The van der Waals surface area contributed by atoms with Crippen molar-refractivity contribution in [1.29, 1.82) is 0 Å². The molecule has 1 atom stereocenters. The van der Waals surface area contributed by atoms with Gasteiger partial charge in [0, 0.05) is 5.92 Å². The molecule has 2 N–H and O–H groups in total. The second kappa shape index (κ2) is 6.72. The van der Waals surface area contributed by atoms with E-state index in [9.17, 15) is 23.1 Å². The van der Waals surface area contributed by atoms with E-state index in [2.05, 4.69) is 4.98 Å². The summed E-state index contributed by atoms with van der Waals surface area (Å²) in [6.07, 6.45) is -3.06. The molecule has 0 amide bonds. The molecule has 1 aliphatic carbocycles. The Labute approximate surface area is 163 Å². The maximum atomic E-state index is 13.1. The molecule has 0 saturated carbocycles. The van der Waals surface area contributed by atoms with Gasteiger partial charge in [0.1, 0.15) is 11.5 Å². The topological polar surface area (TPSA) is 75.5 Å². The minimum Gasteiger partial charge on any atom is -0.492 e. The third-order valence-electron chi connectivity index (χ3n) is 5.22. The molecule has 5 nitrogen and oxygen atoms in total. The second-order valence-electron chi connectivity index (χ2n) is 7.21. The van der Waals surface area contributed by atoms with Gasteiger partial charge in [-0.05, 0) is 73.2 Å². The summed E-state index contributed by atoms with van der Waals surface area (Å²) < 4.78 is 50.1. The van der Waals surface area contributed by atoms with Gasteiger partial charge in [-0.1, -0.05) is 6.07 Å². The molecule has 4 rings (SSSR count). The Morgan fingerprint density at radius 2 is 1.93 bits per heavy atom. The summed E-state index contributed by atoms with van der Waals surface area (Å²) in [5.74, 6) is -0.154. The summed E-state index contributed by atoms with van der Waals surface area (Å²) in [4.78, 5) is 13.5. The number of ether oxygens (including phenoxy) is 1. The number of hydrogen-bond acceptors (Lipinski definition) is 4. The summed E-state index contributed by atoms with van der Waals surface area (Å²) in [6, 6.07) is 7.83. The summed E-state index contributed by atoms with van der Waals surface area (Å²) in [6.45, 7) is 2.98. The number of aromatic hydroxyl groups is 1. The van der Waals surface area contributed by atoms with Crippen LogP contribution in [-0.2, 0) is 12.6 Å². The van der Waals surface area contributed by atoms with Gasteiger partial charge in [-0.2, -0.15) is 13.2 Å². The lowest BCUT2D eigenvalue weighted by atomic mass is 9.99. The number of halogens is 3. The lowest BCUT2D eigenvalue weighted by molar-refractivity contribution is -0.138. The highest BCUT2D eigenvalue weighted by Crippen LogP contribution is 2.42. The van der Waals surface area contributed by atoms with Crippen LogP contribution in [0.25, 0.3) is 0 Å².